The molecule has 0 saturated carbocycles. The second-order valence-corrected chi connectivity index (χ2v) is 9.19. The van der Waals surface area contributed by atoms with Crippen LogP contribution in [-0.2, 0) is 13.1 Å². The third-order valence-electron chi connectivity index (χ3n) is 6.01. The van der Waals surface area contributed by atoms with E-state index in [0.717, 1.165) is 59.7 Å². The van der Waals surface area contributed by atoms with Crippen molar-refractivity contribution in [2.24, 2.45) is 0 Å². The number of nitrogens with zero attached hydrogens (tertiary/aromatic N) is 4. The Kier molecular flexibility index (Phi) is 6.58. The highest BCUT2D eigenvalue weighted by Crippen LogP contribution is 2.21. The van der Waals surface area contributed by atoms with Crippen LogP contribution in [0.5, 0.6) is 0 Å². The maximum atomic E-state index is 13.0. The fourth-order valence-electron chi connectivity index (χ4n) is 4.00. The second-order valence-electron chi connectivity index (χ2n) is 8.39. The van der Waals surface area contributed by atoms with Gasteiger partial charge in [0.05, 0.1) is 22.4 Å². The van der Waals surface area contributed by atoms with Crippen LogP contribution in [0.4, 0.5) is 0 Å². The zero-order valence-corrected chi connectivity index (χ0v) is 20.0. The summed E-state index contributed by atoms with van der Waals surface area (Å²) < 4.78 is 3.05. The van der Waals surface area contributed by atoms with Gasteiger partial charge < -0.3 is 4.90 Å². The summed E-state index contributed by atoms with van der Waals surface area (Å²) in [7, 11) is 0. The van der Waals surface area contributed by atoms with Crippen LogP contribution < -0.4 is 0 Å². The Balaban J connectivity index is 1.32. The minimum Gasteiger partial charge on any atom is -0.336 e. The average Bonchev–Trinajstić information content (AvgIpc) is 3.02. The highest BCUT2D eigenvalue weighted by Gasteiger charge is 2.22. The molecule has 0 aliphatic carbocycles. The first-order chi connectivity index (χ1) is 14.9. The summed E-state index contributed by atoms with van der Waals surface area (Å²) in [4.78, 5) is 17.3. The van der Waals surface area contributed by atoms with Gasteiger partial charge in [0.25, 0.3) is 5.91 Å². The van der Waals surface area contributed by atoms with Gasteiger partial charge in [-0.2, -0.15) is 5.10 Å². The highest BCUT2D eigenvalue weighted by atomic mass is 79.9. The number of carbonyl (C=O) groups excluding carboxylic acids is 1. The van der Waals surface area contributed by atoms with Crippen molar-refractivity contribution in [3.8, 4) is 0 Å². The molecule has 6 heteroatoms. The molecule has 1 aliphatic heterocycles. The monoisotopic (exact) mass is 480 g/mol. The van der Waals surface area contributed by atoms with Crippen molar-refractivity contribution in [1.29, 1.82) is 0 Å². The van der Waals surface area contributed by atoms with E-state index in [0.29, 0.717) is 6.54 Å². The van der Waals surface area contributed by atoms with Gasteiger partial charge in [-0.15, -0.1) is 0 Å². The SMILES string of the molecule is Cc1ccc(CN2CCN(C(=O)c3ccc(Cn4nc(C)c(Br)c4C)cc3)CC2)cc1. The number of aromatic nitrogens is 2. The van der Waals surface area contributed by atoms with Crippen LogP contribution in [0.25, 0.3) is 0 Å². The van der Waals surface area contributed by atoms with Crippen molar-refractivity contribution in [2.45, 2.75) is 33.9 Å². The summed E-state index contributed by atoms with van der Waals surface area (Å²) >= 11 is 3.58. The number of hydrogen-bond donors (Lipinski definition) is 0. The van der Waals surface area contributed by atoms with Crippen LogP contribution >= 0.6 is 15.9 Å². The predicted octanol–water partition coefficient (Wildman–Crippen LogP) is 4.58. The largest absolute Gasteiger partial charge is 0.336 e. The minimum absolute atomic E-state index is 0.121. The maximum Gasteiger partial charge on any atom is 0.253 e. The molecule has 0 unspecified atom stereocenters. The molecule has 0 bridgehead atoms. The van der Waals surface area contributed by atoms with E-state index >= 15 is 0 Å². The van der Waals surface area contributed by atoms with Crippen molar-refractivity contribution in [3.05, 3.63) is 86.6 Å². The van der Waals surface area contributed by atoms with E-state index in [1.165, 1.54) is 11.1 Å². The lowest BCUT2D eigenvalue weighted by Crippen LogP contribution is -2.48. The highest BCUT2D eigenvalue weighted by molar-refractivity contribution is 9.10. The fraction of sp³-hybridized carbons (Fsp3) is 0.360. The standard InChI is InChI=1S/C25H29BrN4O/c1-18-4-6-21(7-5-18)16-28-12-14-29(15-13-28)25(31)23-10-8-22(9-11-23)17-30-20(3)24(26)19(2)27-30/h4-11H,12-17H2,1-3H3. The topological polar surface area (TPSA) is 41.4 Å². The lowest BCUT2D eigenvalue weighted by molar-refractivity contribution is 0.0628. The quantitative estimate of drug-likeness (QED) is 0.536. The van der Waals surface area contributed by atoms with E-state index in [2.05, 4.69) is 64.0 Å². The smallest absolute Gasteiger partial charge is 0.253 e. The number of piperazine rings is 1. The molecule has 1 saturated heterocycles. The molecule has 3 aromatic rings. The summed E-state index contributed by atoms with van der Waals surface area (Å²) in [5.74, 6) is 0.121. The molecule has 1 aromatic heterocycles. The fourth-order valence-corrected chi connectivity index (χ4v) is 4.28. The van der Waals surface area contributed by atoms with Crippen LogP contribution in [0.1, 0.15) is 38.4 Å². The molecule has 2 aromatic carbocycles. The maximum absolute atomic E-state index is 13.0. The predicted molar refractivity (Wildman–Crippen MR) is 127 cm³/mol. The molecule has 1 aliphatic rings. The number of halogens is 1. The van der Waals surface area contributed by atoms with E-state index in [4.69, 9.17) is 0 Å². The Morgan fingerprint density at radius 3 is 2.03 bits per heavy atom. The van der Waals surface area contributed by atoms with Crippen molar-refractivity contribution < 1.29 is 4.79 Å². The third kappa shape index (κ3) is 5.08. The van der Waals surface area contributed by atoms with Crippen molar-refractivity contribution in [1.82, 2.24) is 19.6 Å². The van der Waals surface area contributed by atoms with Gasteiger partial charge in [-0.05, 0) is 60.0 Å². The molecular formula is C25H29BrN4O. The number of amides is 1. The lowest BCUT2D eigenvalue weighted by atomic mass is 10.1. The van der Waals surface area contributed by atoms with Crippen LogP contribution in [0.15, 0.2) is 53.0 Å². The molecule has 1 fully saturated rings. The van der Waals surface area contributed by atoms with Gasteiger partial charge in [0.15, 0.2) is 0 Å². The molecule has 0 atom stereocenters. The van der Waals surface area contributed by atoms with Crippen LogP contribution in [-0.4, -0.2) is 51.7 Å². The van der Waals surface area contributed by atoms with Gasteiger partial charge in [-0.1, -0.05) is 42.0 Å². The Morgan fingerprint density at radius 2 is 1.45 bits per heavy atom. The molecule has 162 valence electrons. The number of hydrogen-bond acceptors (Lipinski definition) is 3. The molecule has 4 rings (SSSR count). The molecule has 0 N–H and O–H groups in total. The van der Waals surface area contributed by atoms with Crippen LogP contribution in [0, 0.1) is 20.8 Å². The number of rotatable bonds is 5. The van der Waals surface area contributed by atoms with Crippen molar-refractivity contribution in [3.63, 3.8) is 0 Å². The van der Waals surface area contributed by atoms with Crippen molar-refractivity contribution in [2.75, 3.05) is 26.2 Å². The first-order valence-corrected chi connectivity index (χ1v) is 11.6. The minimum atomic E-state index is 0.121. The molecule has 1 amide bonds. The van der Waals surface area contributed by atoms with Crippen LogP contribution in [0.3, 0.4) is 0 Å². The van der Waals surface area contributed by atoms with E-state index in [9.17, 15) is 4.79 Å². The Labute approximate surface area is 192 Å². The van der Waals surface area contributed by atoms with Gasteiger partial charge in [0.1, 0.15) is 0 Å². The third-order valence-corrected chi connectivity index (χ3v) is 7.16. The van der Waals surface area contributed by atoms with E-state index < -0.39 is 0 Å². The lowest BCUT2D eigenvalue weighted by Gasteiger charge is -2.34. The molecule has 2 heterocycles. The molecule has 0 radical (unpaired) electrons. The molecular weight excluding hydrogens is 452 g/mol. The Morgan fingerprint density at radius 1 is 0.871 bits per heavy atom. The van der Waals surface area contributed by atoms with Gasteiger partial charge in [0, 0.05) is 38.3 Å². The first-order valence-electron chi connectivity index (χ1n) is 10.8. The van der Waals surface area contributed by atoms with Gasteiger partial charge in [-0.25, -0.2) is 0 Å². The summed E-state index contributed by atoms with van der Waals surface area (Å²) in [6.45, 7) is 11.2. The van der Waals surface area contributed by atoms with Gasteiger partial charge in [0.2, 0.25) is 0 Å². The normalized spacial score (nSPS) is 14.8. The Bertz CT molecular complexity index is 1050. The molecule has 31 heavy (non-hydrogen) atoms. The first kappa shape index (κ1) is 21.8. The second kappa shape index (κ2) is 9.37. The number of aryl methyl sites for hydroxylation is 2. The van der Waals surface area contributed by atoms with Gasteiger partial charge >= 0.3 is 0 Å². The average molecular weight is 481 g/mol. The zero-order valence-electron chi connectivity index (χ0n) is 18.4. The summed E-state index contributed by atoms with van der Waals surface area (Å²) in [5, 5.41) is 4.57. The van der Waals surface area contributed by atoms with E-state index in [1.54, 1.807) is 0 Å². The van der Waals surface area contributed by atoms with Gasteiger partial charge in [-0.3, -0.25) is 14.4 Å². The van der Waals surface area contributed by atoms with Crippen molar-refractivity contribution >= 4 is 21.8 Å². The summed E-state index contributed by atoms with van der Waals surface area (Å²) in [6, 6.07) is 16.7. The molecule has 0 spiro atoms. The number of carbonyl (C=O) groups is 1. The zero-order chi connectivity index (χ0) is 22.0. The summed E-state index contributed by atoms with van der Waals surface area (Å²) in [5.41, 5.74) is 6.61. The Hall–Kier alpha value is -2.44. The molecule has 5 nitrogen and oxygen atoms in total. The number of benzene rings is 2. The summed E-state index contributed by atoms with van der Waals surface area (Å²) in [6.07, 6.45) is 0. The van der Waals surface area contributed by atoms with Crippen LogP contribution in [0.2, 0.25) is 0 Å². The van der Waals surface area contributed by atoms with E-state index in [1.807, 2.05) is 40.8 Å². The van der Waals surface area contributed by atoms with E-state index in [-0.39, 0.29) is 5.91 Å².